The van der Waals surface area contributed by atoms with Crippen LogP contribution in [0.3, 0.4) is 0 Å². The van der Waals surface area contributed by atoms with Crippen LogP contribution in [0, 0.1) is 5.92 Å². The van der Waals surface area contributed by atoms with Gasteiger partial charge >= 0.3 is 17.9 Å². The minimum Gasteiger partial charge on any atom is -0.462 e. The van der Waals surface area contributed by atoms with Crippen molar-refractivity contribution in [2.75, 3.05) is 13.2 Å². The van der Waals surface area contributed by atoms with Gasteiger partial charge in [0.15, 0.2) is 6.10 Å². The van der Waals surface area contributed by atoms with E-state index in [2.05, 4.69) is 27.7 Å². The van der Waals surface area contributed by atoms with E-state index in [0.717, 1.165) is 63.7 Å². The SMILES string of the molecule is CCCCCCCCCCCCCCCCCCCCCC(=O)OC[C@H](COC(=O)CCCCCCCCCCCC)OC(=O)CCCCCCCCCCCCC(C)CC. The van der Waals surface area contributed by atoms with Crippen molar-refractivity contribution in [2.45, 2.75) is 316 Å². The molecule has 0 aliphatic heterocycles. The summed E-state index contributed by atoms with van der Waals surface area (Å²) in [6, 6.07) is 0. The molecule has 0 aliphatic carbocycles. The summed E-state index contributed by atoms with van der Waals surface area (Å²) >= 11 is 0. The molecule has 1 unspecified atom stereocenters. The van der Waals surface area contributed by atoms with E-state index in [4.69, 9.17) is 14.2 Å². The monoisotopic (exact) mass is 863 g/mol. The highest BCUT2D eigenvalue weighted by Gasteiger charge is 2.19. The maximum Gasteiger partial charge on any atom is 0.306 e. The Morgan fingerprint density at radius 2 is 0.574 bits per heavy atom. The van der Waals surface area contributed by atoms with Crippen molar-refractivity contribution in [3.63, 3.8) is 0 Å². The normalized spacial score (nSPS) is 12.4. The van der Waals surface area contributed by atoms with E-state index in [1.54, 1.807) is 0 Å². The van der Waals surface area contributed by atoms with Crippen molar-refractivity contribution in [1.82, 2.24) is 0 Å². The predicted octanol–water partition coefficient (Wildman–Crippen LogP) is 17.8. The number of rotatable bonds is 50. The molecule has 362 valence electrons. The van der Waals surface area contributed by atoms with Crippen LogP contribution in [-0.2, 0) is 28.6 Å². The minimum absolute atomic E-state index is 0.0626. The molecule has 6 heteroatoms. The first-order chi connectivity index (χ1) is 29.9. The average molecular weight is 863 g/mol. The third-order valence-corrected chi connectivity index (χ3v) is 12.9. The minimum atomic E-state index is -0.761. The van der Waals surface area contributed by atoms with E-state index >= 15 is 0 Å². The Morgan fingerprint density at radius 1 is 0.328 bits per heavy atom. The van der Waals surface area contributed by atoms with Gasteiger partial charge in [-0.15, -0.1) is 0 Å². The Hall–Kier alpha value is -1.59. The number of hydrogen-bond acceptors (Lipinski definition) is 6. The van der Waals surface area contributed by atoms with Gasteiger partial charge in [-0.25, -0.2) is 0 Å². The maximum absolute atomic E-state index is 12.8. The van der Waals surface area contributed by atoms with Crippen LogP contribution in [0.1, 0.15) is 310 Å². The van der Waals surface area contributed by atoms with Gasteiger partial charge in [0.1, 0.15) is 13.2 Å². The van der Waals surface area contributed by atoms with Crippen LogP contribution in [0.2, 0.25) is 0 Å². The highest BCUT2D eigenvalue weighted by molar-refractivity contribution is 5.71. The summed E-state index contributed by atoms with van der Waals surface area (Å²) in [5.74, 6) is 0.0243. The van der Waals surface area contributed by atoms with Crippen LogP contribution in [0.25, 0.3) is 0 Å². The van der Waals surface area contributed by atoms with Crippen molar-refractivity contribution in [3.05, 3.63) is 0 Å². The topological polar surface area (TPSA) is 78.9 Å². The largest absolute Gasteiger partial charge is 0.462 e. The Morgan fingerprint density at radius 3 is 0.852 bits per heavy atom. The fourth-order valence-electron chi connectivity index (χ4n) is 8.36. The molecule has 0 saturated carbocycles. The molecule has 0 fully saturated rings. The second-order valence-corrected chi connectivity index (χ2v) is 19.1. The molecule has 0 saturated heterocycles. The van der Waals surface area contributed by atoms with Crippen molar-refractivity contribution >= 4 is 17.9 Å². The third kappa shape index (κ3) is 47.7. The van der Waals surface area contributed by atoms with Gasteiger partial charge in [0, 0.05) is 19.3 Å². The molecule has 0 bridgehead atoms. The number of carbonyl (C=O) groups is 3. The summed E-state index contributed by atoms with van der Waals surface area (Å²) in [5, 5.41) is 0. The van der Waals surface area contributed by atoms with Gasteiger partial charge in [-0.2, -0.15) is 0 Å². The standard InChI is InChI=1S/C55H106O6/c1-5-8-10-12-14-16-18-19-20-21-22-23-24-25-26-31-35-39-43-47-54(57)60-50-52(49-59-53(56)46-42-38-34-30-17-15-13-11-9-6-2)61-55(58)48-44-40-36-32-28-27-29-33-37-41-45-51(4)7-3/h51-52H,5-50H2,1-4H3/t51?,52-/m0/s1. The predicted molar refractivity (Wildman–Crippen MR) is 261 cm³/mol. The molecular formula is C55H106O6. The summed E-state index contributed by atoms with van der Waals surface area (Å²) in [6.07, 6.45) is 52.3. The molecular weight excluding hydrogens is 757 g/mol. The molecule has 0 N–H and O–H groups in total. The molecule has 0 aliphatic rings. The summed E-state index contributed by atoms with van der Waals surface area (Å²) in [5.41, 5.74) is 0. The van der Waals surface area contributed by atoms with Gasteiger partial charge in [-0.05, 0) is 25.2 Å². The van der Waals surface area contributed by atoms with E-state index in [0.29, 0.717) is 19.3 Å². The molecule has 0 aromatic carbocycles. The van der Waals surface area contributed by atoms with E-state index in [1.165, 1.54) is 205 Å². The van der Waals surface area contributed by atoms with Gasteiger partial charge in [-0.1, -0.05) is 272 Å². The lowest BCUT2D eigenvalue weighted by atomic mass is 9.99. The van der Waals surface area contributed by atoms with E-state index in [-0.39, 0.29) is 31.1 Å². The summed E-state index contributed by atoms with van der Waals surface area (Å²) in [7, 11) is 0. The van der Waals surface area contributed by atoms with Gasteiger partial charge < -0.3 is 14.2 Å². The van der Waals surface area contributed by atoms with Crippen LogP contribution in [0.15, 0.2) is 0 Å². The van der Waals surface area contributed by atoms with Gasteiger partial charge in [-0.3, -0.25) is 14.4 Å². The fraction of sp³-hybridized carbons (Fsp3) is 0.945. The maximum atomic E-state index is 12.8. The van der Waals surface area contributed by atoms with Crippen LogP contribution < -0.4 is 0 Å². The lowest BCUT2D eigenvalue weighted by molar-refractivity contribution is -0.167. The first kappa shape index (κ1) is 59.4. The van der Waals surface area contributed by atoms with Crippen molar-refractivity contribution < 1.29 is 28.6 Å². The van der Waals surface area contributed by atoms with Crippen LogP contribution >= 0.6 is 0 Å². The molecule has 0 heterocycles. The molecule has 0 spiro atoms. The number of esters is 3. The van der Waals surface area contributed by atoms with E-state index < -0.39 is 6.10 Å². The van der Waals surface area contributed by atoms with E-state index in [1.807, 2.05) is 0 Å². The molecule has 0 radical (unpaired) electrons. The molecule has 0 aromatic heterocycles. The summed E-state index contributed by atoms with van der Waals surface area (Å²) in [4.78, 5) is 38.0. The fourth-order valence-corrected chi connectivity index (χ4v) is 8.36. The zero-order chi connectivity index (χ0) is 44.5. The quantitative estimate of drug-likeness (QED) is 0.0344. The van der Waals surface area contributed by atoms with Crippen LogP contribution in [0.4, 0.5) is 0 Å². The summed E-state index contributed by atoms with van der Waals surface area (Å²) in [6.45, 7) is 9.05. The Kier molecular flexibility index (Phi) is 48.1. The molecule has 0 aromatic rings. The second-order valence-electron chi connectivity index (χ2n) is 19.1. The first-order valence-corrected chi connectivity index (χ1v) is 27.4. The molecule has 0 amide bonds. The third-order valence-electron chi connectivity index (χ3n) is 12.9. The van der Waals surface area contributed by atoms with Gasteiger partial charge in [0.05, 0.1) is 0 Å². The highest BCUT2D eigenvalue weighted by Crippen LogP contribution is 2.18. The van der Waals surface area contributed by atoms with E-state index in [9.17, 15) is 14.4 Å². The molecule has 61 heavy (non-hydrogen) atoms. The zero-order valence-corrected chi connectivity index (χ0v) is 41.6. The number of unbranched alkanes of at least 4 members (excludes halogenated alkanes) is 36. The van der Waals surface area contributed by atoms with Crippen molar-refractivity contribution in [3.8, 4) is 0 Å². The molecule has 6 nitrogen and oxygen atoms in total. The van der Waals surface area contributed by atoms with Crippen molar-refractivity contribution in [2.24, 2.45) is 5.92 Å². The highest BCUT2D eigenvalue weighted by atomic mass is 16.6. The van der Waals surface area contributed by atoms with Crippen LogP contribution in [0.5, 0.6) is 0 Å². The molecule has 0 rings (SSSR count). The average Bonchev–Trinajstić information content (AvgIpc) is 3.26. The lowest BCUT2D eigenvalue weighted by Gasteiger charge is -2.18. The van der Waals surface area contributed by atoms with Crippen LogP contribution in [-0.4, -0.2) is 37.2 Å². The summed E-state index contributed by atoms with van der Waals surface area (Å²) < 4.78 is 16.8. The zero-order valence-electron chi connectivity index (χ0n) is 41.6. The van der Waals surface area contributed by atoms with Gasteiger partial charge in [0.25, 0.3) is 0 Å². The first-order valence-electron chi connectivity index (χ1n) is 27.4. The lowest BCUT2D eigenvalue weighted by Crippen LogP contribution is -2.30. The number of ether oxygens (including phenoxy) is 3. The smallest absolute Gasteiger partial charge is 0.306 e. The van der Waals surface area contributed by atoms with Gasteiger partial charge in [0.2, 0.25) is 0 Å². The Labute approximate surface area is 380 Å². The number of hydrogen-bond donors (Lipinski definition) is 0. The Bertz CT molecular complexity index is 920. The Balaban J connectivity index is 4.24. The number of carbonyl (C=O) groups excluding carboxylic acids is 3. The second kappa shape index (κ2) is 49.4. The van der Waals surface area contributed by atoms with Crippen molar-refractivity contribution in [1.29, 1.82) is 0 Å². The molecule has 2 atom stereocenters.